The van der Waals surface area contributed by atoms with Crippen molar-refractivity contribution in [3.05, 3.63) is 29.6 Å². The van der Waals surface area contributed by atoms with Gasteiger partial charge in [0.15, 0.2) is 0 Å². The lowest BCUT2D eigenvalue weighted by Crippen LogP contribution is -1.93. The van der Waals surface area contributed by atoms with E-state index in [4.69, 9.17) is 5.11 Å². The molecule has 2 aromatic rings. The molecule has 2 heterocycles. The van der Waals surface area contributed by atoms with Crippen LogP contribution in [0.25, 0.3) is 11.0 Å². The minimum Gasteiger partial charge on any atom is -0.396 e. The van der Waals surface area contributed by atoms with Crippen LogP contribution in [0, 0.1) is 0 Å². The van der Waals surface area contributed by atoms with Crippen LogP contribution < -0.4 is 0 Å². The number of rotatable bonds is 3. The number of hydrogen-bond acceptors (Lipinski definition) is 2. The molecule has 1 N–H and O–H groups in total. The lowest BCUT2D eigenvalue weighted by Gasteiger charge is -2.02. The largest absolute Gasteiger partial charge is 0.396 e. The van der Waals surface area contributed by atoms with Crippen molar-refractivity contribution in [1.82, 2.24) is 9.55 Å². The Hall–Kier alpha value is -1.35. The minimum atomic E-state index is 0.266. The SMILES string of the molecule is OCCCc1ccc2nc3n(c2c1)CCC3. The number of aliphatic hydroxyl groups is 1. The summed E-state index contributed by atoms with van der Waals surface area (Å²) in [6.07, 6.45) is 4.12. The smallest absolute Gasteiger partial charge is 0.109 e. The maximum atomic E-state index is 8.84. The summed E-state index contributed by atoms with van der Waals surface area (Å²) in [5.41, 5.74) is 3.68. The predicted molar refractivity (Wildman–Crippen MR) is 63.5 cm³/mol. The third-order valence-electron chi connectivity index (χ3n) is 3.30. The van der Waals surface area contributed by atoms with Gasteiger partial charge in [0.25, 0.3) is 0 Å². The Morgan fingerprint density at radius 2 is 2.31 bits per heavy atom. The zero-order valence-corrected chi connectivity index (χ0v) is 9.32. The number of aliphatic hydroxyl groups excluding tert-OH is 1. The fraction of sp³-hybridized carbons (Fsp3) is 0.462. The number of nitrogens with zero attached hydrogens (tertiary/aromatic N) is 2. The summed E-state index contributed by atoms with van der Waals surface area (Å²) in [5, 5.41) is 8.84. The van der Waals surface area contributed by atoms with Gasteiger partial charge in [-0.15, -0.1) is 0 Å². The standard InChI is InChI=1S/C13H16N2O/c16-8-2-3-10-5-6-11-12(9-10)15-7-1-4-13(15)14-11/h5-6,9,16H,1-4,7-8H2. The fourth-order valence-electron chi connectivity index (χ4n) is 2.49. The summed E-state index contributed by atoms with van der Waals surface area (Å²) in [7, 11) is 0. The second kappa shape index (κ2) is 3.91. The molecule has 0 spiro atoms. The molecule has 3 heteroatoms. The van der Waals surface area contributed by atoms with Crippen LogP contribution in [0.1, 0.15) is 24.2 Å². The van der Waals surface area contributed by atoms with Crippen molar-refractivity contribution in [3.63, 3.8) is 0 Å². The topological polar surface area (TPSA) is 38.1 Å². The molecule has 0 unspecified atom stereocenters. The fourth-order valence-corrected chi connectivity index (χ4v) is 2.49. The van der Waals surface area contributed by atoms with E-state index < -0.39 is 0 Å². The average Bonchev–Trinajstić information content (AvgIpc) is 2.86. The Morgan fingerprint density at radius 1 is 1.38 bits per heavy atom. The summed E-state index contributed by atoms with van der Waals surface area (Å²) in [4.78, 5) is 4.63. The highest BCUT2D eigenvalue weighted by Gasteiger charge is 2.15. The van der Waals surface area contributed by atoms with Crippen molar-refractivity contribution < 1.29 is 5.11 Å². The molecule has 0 radical (unpaired) electrons. The maximum Gasteiger partial charge on any atom is 0.109 e. The van der Waals surface area contributed by atoms with Gasteiger partial charge in [0.2, 0.25) is 0 Å². The average molecular weight is 216 g/mol. The molecular weight excluding hydrogens is 200 g/mol. The van der Waals surface area contributed by atoms with Gasteiger partial charge in [-0.05, 0) is 37.0 Å². The van der Waals surface area contributed by atoms with Crippen LogP contribution in [0.2, 0.25) is 0 Å². The van der Waals surface area contributed by atoms with Gasteiger partial charge in [0, 0.05) is 19.6 Å². The highest BCUT2D eigenvalue weighted by Crippen LogP contribution is 2.23. The normalized spacial score (nSPS) is 14.6. The summed E-state index contributed by atoms with van der Waals surface area (Å²) >= 11 is 0. The molecular formula is C13H16N2O. The molecule has 0 saturated heterocycles. The Labute approximate surface area is 94.7 Å². The lowest BCUT2D eigenvalue weighted by molar-refractivity contribution is 0.288. The van der Waals surface area contributed by atoms with E-state index in [-0.39, 0.29) is 6.61 Å². The Morgan fingerprint density at radius 3 is 3.19 bits per heavy atom. The Balaban J connectivity index is 2.02. The van der Waals surface area contributed by atoms with E-state index >= 15 is 0 Å². The van der Waals surface area contributed by atoms with E-state index in [2.05, 4.69) is 27.8 Å². The van der Waals surface area contributed by atoms with Crippen LogP contribution in [0.4, 0.5) is 0 Å². The van der Waals surface area contributed by atoms with Crippen LogP contribution in [0.5, 0.6) is 0 Å². The minimum absolute atomic E-state index is 0.266. The monoisotopic (exact) mass is 216 g/mol. The summed E-state index contributed by atoms with van der Waals surface area (Å²) in [6, 6.07) is 6.46. The van der Waals surface area contributed by atoms with Crippen LogP contribution in [0.15, 0.2) is 18.2 Å². The van der Waals surface area contributed by atoms with Crippen LogP contribution >= 0.6 is 0 Å². The zero-order valence-electron chi connectivity index (χ0n) is 9.32. The van der Waals surface area contributed by atoms with E-state index in [0.29, 0.717) is 0 Å². The molecule has 16 heavy (non-hydrogen) atoms. The number of imidazole rings is 1. The number of fused-ring (bicyclic) bond motifs is 3. The first-order valence-corrected chi connectivity index (χ1v) is 5.97. The Kier molecular flexibility index (Phi) is 2.40. The van der Waals surface area contributed by atoms with Crippen molar-refractivity contribution in [1.29, 1.82) is 0 Å². The second-order valence-corrected chi connectivity index (χ2v) is 4.43. The Bertz CT molecular complexity index is 516. The summed E-state index contributed by atoms with van der Waals surface area (Å²) in [6.45, 7) is 1.37. The number of hydrogen-bond donors (Lipinski definition) is 1. The molecule has 0 aliphatic carbocycles. The van der Waals surface area contributed by atoms with Gasteiger partial charge in [0.05, 0.1) is 11.0 Å². The van der Waals surface area contributed by atoms with Gasteiger partial charge in [0.1, 0.15) is 5.82 Å². The van der Waals surface area contributed by atoms with Gasteiger partial charge in [-0.2, -0.15) is 0 Å². The van der Waals surface area contributed by atoms with E-state index in [9.17, 15) is 0 Å². The molecule has 84 valence electrons. The quantitative estimate of drug-likeness (QED) is 0.851. The van der Waals surface area contributed by atoms with Gasteiger partial charge in [-0.1, -0.05) is 6.07 Å². The third kappa shape index (κ3) is 1.52. The number of aromatic nitrogens is 2. The second-order valence-electron chi connectivity index (χ2n) is 4.43. The first-order chi connectivity index (χ1) is 7.88. The van der Waals surface area contributed by atoms with Crippen LogP contribution in [-0.2, 0) is 19.4 Å². The van der Waals surface area contributed by atoms with Gasteiger partial charge < -0.3 is 9.67 Å². The first kappa shape index (κ1) is 9.85. The van der Waals surface area contributed by atoms with Crippen molar-refractivity contribution in [2.45, 2.75) is 32.2 Å². The molecule has 1 aliphatic heterocycles. The molecule has 3 rings (SSSR count). The van der Waals surface area contributed by atoms with E-state index in [0.717, 1.165) is 31.3 Å². The lowest BCUT2D eigenvalue weighted by atomic mass is 10.1. The van der Waals surface area contributed by atoms with Gasteiger partial charge in [-0.3, -0.25) is 0 Å². The molecule has 1 aromatic carbocycles. The molecule has 0 atom stereocenters. The summed E-state index contributed by atoms with van der Waals surface area (Å²) in [5.74, 6) is 1.23. The molecule has 0 amide bonds. The highest BCUT2D eigenvalue weighted by atomic mass is 16.2. The zero-order chi connectivity index (χ0) is 11.0. The predicted octanol–water partition coefficient (Wildman–Crippen LogP) is 1.91. The van der Waals surface area contributed by atoms with Crippen LogP contribution in [-0.4, -0.2) is 21.3 Å². The molecule has 0 bridgehead atoms. The number of benzene rings is 1. The van der Waals surface area contributed by atoms with E-state index in [1.165, 1.54) is 23.3 Å². The van der Waals surface area contributed by atoms with Crippen molar-refractivity contribution in [3.8, 4) is 0 Å². The van der Waals surface area contributed by atoms with Crippen molar-refractivity contribution in [2.75, 3.05) is 6.61 Å². The molecule has 3 nitrogen and oxygen atoms in total. The maximum absolute atomic E-state index is 8.84. The van der Waals surface area contributed by atoms with Gasteiger partial charge in [-0.25, -0.2) is 4.98 Å². The van der Waals surface area contributed by atoms with Crippen molar-refractivity contribution in [2.24, 2.45) is 0 Å². The van der Waals surface area contributed by atoms with E-state index in [1.807, 2.05) is 0 Å². The van der Waals surface area contributed by atoms with Crippen molar-refractivity contribution >= 4 is 11.0 Å². The third-order valence-corrected chi connectivity index (χ3v) is 3.30. The molecule has 0 fully saturated rings. The van der Waals surface area contributed by atoms with Crippen LogP contribution in [0.3, 0.4) is 0 Å². The molecule has 0 saturated carbocycles. The van der Waals surface area contributed by atoms with Gasteiger partial charge >= 0.3 is 0 Å². The molecule has 1 aliphatic rings. The van der Waals surface area contributed by atoms with E-state index in [1.54, 1.807) is 0 Å². The molecule has 1 aromatic heterocycles. The summed E-state index contributed by atoms with van der Waals surface area (Å²) < 4.78 is 2.33. The highest BCUT2D eigenvalue weighted by molar-refractivity contribution is 5.77. The first-order valence-electron chi connectivity index (χ1n) is 5.97. The number of aryl methyl sites for hydroxylation is 3.